The number of aromatic amines is 1. The van der Waals surface area contributed by atoms with Crippen LogP contribution in [0.5, 0.6) is 11.5 Å². The van der Waals surface area contributed by atoms with Crippen LogP contribution in [0.4, 0.5) is 11.5 Å². The van der Waals surface area contributed by atoms with Gasteiger partial charge in [-0.25, -0.2) is 9.97 Å². The molecule has 11 rings (SSSR count). The summed E-state index contributed by atoms with van der Waals surface area (Å²) in [7, 11) is 1.64. The van der Waals surface area contributed by atoms with E-state index in [1.807, 2.05) is 24.3 Å². The van der Waals surface area contributed by atoms with Crippen LogP contribution in [0.2, 0.25) is 0 Å². The van der Waals surface area contributed by atoms with E-state index in [1.54, 1.807) is 18.3 Å². The Balaban J connectivity index is 0.637. The van der Waals surface area contributed by atoms with E-state index < -0.39 is 11.9 Å². The number of likely N-dealkylation sites (tertiary alicyclic amines) is 1. The van der Waals surface area contributed by atoms with E-state index in [-0.39, 0.29) is 29.9 Å². The molecule has 1 spiro atoms. The van der Waals surface area contributed by atoms with Gasteiger partial charge in [0.15, 0.2) is 0 Å². The third-order valence-corrected chi connectivity index (χ3v) is 14.6. The number of methoxy groups -OCH3 is 1. The zero-order chi connectivity index (χ0) is 40.8. The predicted octanol–water partition coefficient (Wildman–Crippen LogP) is 4.84. The SMILES string of the molecule is COc1c(N2CCC(OC3CC(N4CC5(CCN(c6cc(-c7[nH]nc8ccc(OC9(C)CC9)cc78)ncn6)CC5)C4)C3)CC2)ccc2c1CN(C1CCC(=O)NC1=O)C2=O. The summed E-state index contributed by atoms with van der Waals surface area (Å²) in [5.41, 5.74) is 5.35. The van der Waals surface area contributed by atoms with E-state index in [0.717, 1.165) is 110 Å². The molecule has 15 nitrogen and oxygen atoms in total. The van der Waals surface area contributed by atoms with Crippen LogP contribution < -0.4 is 24.6 Å². The van der Waals surface area contributed by atoms with Gasteiger partial charge < -0.3 is 28.9 Å². The second-order valence-corrected chi connectivity index (χ2v) is 18.6. The third-order valence-electron chi connectivity index (χ3n) is 14.6. The summed E-state index contributed by atoms with van der Waals surface area (Å²) in [6.45, 7) is 8.49. The van der Waals surface area contributed by atoms with Crippen molar-refractivity contribution in [1.82, 2.24) is 35.3 Å². The maximum absolute atomic E-state index is 13.3. The maximum atomic E-state index is 13.3. The van der Waals surface area contributed by atoms with Crippen LogP contribution in [0, 0.1) is 5.41 Å². The van der Waals surface area contributed by atoms with Crippen LogP contribution in [0.1, 0.15) is 87.1 Å². The molecule has 4 aromatic rings. The number of anilines is 2. The van der Waals surface area contributed by atoms with Gasteiger partial charge >= 0.3 is 0 Å². The lowest BCUT2D eigenvalue weighted by atomic mass is 9.69. The highest BCUT2D eigenvalue weighted by atomic mass is 16.5. The molecule has 7 aliphatic rings. The van der Waals surface area contributed by atoms with Crippen LogP contribution in [0.25, 0.3) is 22.3 Å². The molecule has 15 heteroatoms. The van der Waals surface area contributed by atoms with Crippen molar-refractivity contribution in [3.05, 3.63) is 53.9 Å². The molecule has 0 radical (unpaired) electrons. The first-order valence-corrected chi connectivity index (χ1v) is 21.9. The molecule has 2 N–H and O–H groups in total. The molecule has 0 bridgehead atoms. The number of nitrogens with one attached hydrogen (secondary N) is 2. The van der Waals surface area contributed by atoms with Crippen molar-refractivity contribution < 1.29 is 28.6 Å². The molecule has 1 unspecified atom stereocenters. The number of aromatic nitrogens is 4. The molecule has 4 saturated heterocycles. The Kier molecular flexibility index (Phi) is 9.07. The smallest absolute Gasteiger partial charge is 0.255 e. The van der Waals surface area contributed by atoms with Gasteiger partial charge in [0.2, 0.25) is 11.8 Å². The zero-order valence-corrected chi connectivity index (χ0v) is 34.5. The molecular formula is C45H53N9O6. The Morgan fingerprint density at radius 2 is 1.67 bits per heavy atom. The summed E-state index contributed by atoms with van der Waals surface area (Å²) in [5.74, 6) is 1.65. The van der Waals surface area contributed by atoms with Gasteiger partial charge in [0, 0.05) is 74.3 Å². The van der Waals surface area contributed by atoms with Gasteiger partial charge in [0.1, 0.15) is 35.3 Å². The van der Waals surface area contributed by atoms with Gasteiger partial charge in [-0.05, 0) is 100 Å². The Morgan fingerprint density at radius 3 is 2.42 bits per heavy atom. The average Bonchev–Trinajstić information content (AvgIpc) is 3.65. The number of imide groups is 1. The van der Waals surface area contributed by atoms with Gasteiger partial charge in [-0.15, -0.1) is 0 Å². The average molecular weight is 816 g/mol. The van der Waals surface area contributed by atoms with Crippen molar-refractivity contribution in [2.24, 2.45) is 5.41 Å². The number of rotatable bonds is 10. The van der Waals surface area contributed by atoms with E-state index >= 15 is 0 Å². The number of ether oxygens (including phenoxy) is 3. The molecule has 314 valence electrons. The second-order valence-electron chi connectivity index (χ2n) is 18.6. The molecule has 2 aliphatic carbocycles. The van der Waals surface area contributed by atoms with E-state index in [1.165, 1.54) is 25.9 Å². The standard InChI is InChI=1S/C45H53N9O6/c1-44(11-12-44)60-29-3-5-34-32(21-29)40(50-49-34)35-22-38(47-26-46-35)52-17-13-45(14-18-52)24-53(25-45)27-19-30(20-27)59-28-9-15-51(16-10-28)36-6-4-31-33(41(36)58-2)23-54(43(31)57)37-7-8-39(55)48-42(37)56/h3-6,21-22,26-28,30,37H,7-20,23-25H2,1-2H3,(H,49,50)(H,48,55,56). The van der Waals surface area contributed by atoms with Crippen molar-refractivity contribution in [3.63, 3.8) is 0 Å². The van der Waals surface area contributed by atoms with Crippen molar-refractivity contribution in [2.45, 2.75) is 108 Å². The lowest BCUT2D eigenvalue weighted by Gasteiger charge is -2.59. The molecule has 60 heavy (non-hydrogen) atoms. The number of hydrogen-bond donors (Lipinski definition) is 2. The van der Waals surface area contributed by atoms with Crippen molar-refractivity contribution >= 4 is 40.1 Å². The van der Waals surface area contributed by atoms with E-state index in [0.29, 0.717) is 41.8 Å². The van der Waals surface area contributed by atoms with Gasteiger partial charge in [-0.3, -0.25) is 29.7 Å². The minimum atomic E-state index is -0.650. The van der Waals surface area contributed by atoms with Crippen LogP contribution in [-0.4, -0.2) is 124 Å². The summed E-state index contributed by atoms with van der Waals surface area (Å²) < 4.78 is 18.8. The summed E-state index contributed by atoms with van der Waals surface area (Å²) in [6.07, 6.45) is 11.4. The number of amides is 3. The topological polar surface area (TPSA) is 158 Å². The number of carbonyl (C=O) groups excluding carboxylic acids is 3. The molecule has 2 aromatic heterocycles. The summed E-state index contributed by atoms with van der Waals surface area (Å²) in [6, 6.07) is 12.0. The number of hydrogen-bond acceptors (Lipinski definition) is 12. The van der Waals surface area contributed by atoms with Crippen LogP contribution in [0.15, 0.2) is 42.7 Å². The predicted molar refractivity (Wildman–Crippen MR) is 223 cm³/mol. The highest BCUT2D eigenvalue weighted by molar-refractivity contribution is 6.06. The number of carbonyl (C=O) groups is 3. The van der Waals surface area contributed by atoms with E-state index in [4.69, 9.17) is 19.2 Å². The van der Waals surface area contributed by atoms with Crippen molar-refractivity contribution in [3.8, 4) is 22.9 Å². The van der Waals surface area contributed by atoms with Crippen molar-refractivity contribution in [1.29, 1.82) is 0 Å². The first-order valence-electron chi connectivity index (χ1n) is 21.9. The number of benzene rings is 2. The lowest BCUT2D eigenvalue weighted by molar-refractivity contribution is -0.137. The number of piperidine rings is 3. The normalized spacial score (nSPS) is 26.2. The minimum Gasteiger partial charge on any atom is -0.494 e. The molecular weight excluding hydrogens is 763 g/mol. The Hall–Kier alpha value is -5.28. The first-order chi connectivity index (χ1) is 29.1. The highest BCUT2D eigenvalue weighted by Crippen LogP contribution is 2.47. The van der Waals surface area contributed by atoms with E-state index in [2.05, 4.69) is 54.3 Å². The van der Waals surface area contributed by atoms with Gasteiger partial charge in [-0.1, -0.05) is 0 Å². The van der Waals surface area contributed by atoms with Gasteiger partial charge in [-0.2, -0.15) is 5.10 Å². The van der Waals surface area contributed by atoms with Gasteiger partial charge in [0.05, 0.1) is 48.5 Å². The molecule has 6 fully saturated rings. The monoisotopic (exact) mass is 815 g/mol. The molecule has 3 amide bonds. The molecule has 2 aromatic carbocycles. The quantitative estimate of drug-likeness (QED) is 0.210. The molecule has 5 aliphatic heterocycles. The summed E-state index contributed by atoms with van der Waals surface area (Å²) in [4.78, 5) is 56.0. The fraction of sp³-hybridized carbons (Fsp3) is 0.556. The molecule has 1 atom stereocenters. The minimum absolute atomic E-state index is 0.0409. The molecule has 2 saturated carbocycles. The van der Waals surface area contributed by atoms with Gasteiger partial charge in [0.25, 0.3) is 5.91 Å². The Bertz CT molecular complexity index is 2350. The fourth-order valence-electron chi connectivity index (χ4n) is 10.6. The number of nitrogens with zero attached hydrogens (tertiary/aromatic N) is 7. The van der Waals surface area contributed by atoms with E-state index in [9.17, 15) is 14.4 Å². The second kappa shape index (κ2) is 14.4. The first kappa shape index (κ1) is 37.7. The third kappa shape index (κ3) is 6.73. The van der Waals surface area contributed by atoms with Crippen LogP contribution in [0.3, 0.4) is 0 Å². The lowest BCUT2D eigenvalue weighted by Crippen LogP contribution is -2.66. The zero-order valence-electron chi connectivity index (χ0n) is 34.5. The van der Waals surface area contributed by atoms with Crippen LogP contribution >= 0.6 is 0 Å². The fourth-order valence-corrected chi connectivity index (χ4v) is 10.6. The highest BCUT2D eigenvalue weighted by Gasteiger charge is 2.50. The number of fused-ring (bicyclic) bond motifs is 2. The Morgan fingerprint density at radius 1 is 0.867 bits per heavy atom. The largest absolute Gasteiger partial charge is 0.494 e. The van der Waals surface area contributed by atoms with Crippen LogP contribution in [-0.2, 0) is 20.9 Å². The number of H-pyrrole nitrogens is 1. The maximum Gasteiger partial charge on any atom is 0.255 e. The van der Waals surface area contributed by atoms with Crippen molar-refractivity contribution in [2.75, 3.05) is 56.2 Å². The summed E-state index contributed by atoms with van der Waals surface area (Å²) >= 11 is 0. The summed E-state index contributed by atoms with van der Waals surface area (Å²) in [5, 5.41) is 11.2. The molecule has 7 heterocycles. The Labute approximate surface area is 349 Å².